The molecule has 0 aromatic rings. The van der Waals surface area contributed by atoms with Crippen LogP contribution in [-0.4, -0.2) is 73.5 Å². The standard InChI is InChI=1S/C12H24O7/c1-2-3-4-7(14)9(16)11(18)12(19)10(17)8(15)5-6-13/h6-12,14-19H,2-5H2,1H3. The van der Waals surface area contributed by atoms with Crippen LogP contribution in [0.1, 0.15) is 32.6 Å². The van der Waals surface area contributed by atoms with Gasteiger partial charge in [0.1, 0.15) is 30.7 Å². The zero-order valence-electron chi connectivity index (χ0n) is 11.0. The third-order valence-corrected chi connectivity index (χ3v) is 3.03. The van der Waals surface area contributed by atoms with Gasteiger partial charge in [0, 0.05) is 6.42 Å². The van der Waals surface area contributed by atoms with Crippen LogP contribution < -0.4 is 0 Å². The number of unbranched alkanes of at least 4 members (excludes halogenated alkanes) is 1. The molecule has 0 saturated heterocycles. The molecule has 19 heavy (non-hydrogen) atoms. The normalized spacial score (nSPS) is 21.2. The second kappa shape index (κ2) is 9.35. The predicted molar refractivity (Wildman–Crippen MR) is 66.2 cm³/mol. The first-order valence-corrected chi connectivity index (χ1v) is 6.38. The Hall–Kier alpha value is -0.570. The average molecular weight is 280 g/mol. The lowest BCUT2D eigenvalue weighted by molar-refractivity contribution is -0.155. The van der Waals surface area contributed by atoms with Crippen LogP contribution in [0, 0.1) is 0 Å². The number of rotatable bonds is 10. The van der Waals surface area contributed by atoms with E-state index in [-0.39, 0.29) is 6.42 Å². The Kier molecular flexibility index (Phi) is 9.07. The van der Waals surface area contributed by atoms with Crippen molar-refractivity contribution in [3.8, 4) is 0 Å². The largest absolute Gasteiger partial charge is 0.390 e. The second-order valence-corrected chi connectivity index (χ2v) is 4.64. The number of carbonyl (C=O) groups excluding carboxylic acids is 1. The molecule has 0 radical (unpaired) electrons. The molecular weight excluding hydrogens is 256 g/mol. The van der Waals surface area contributed by atoms with Gasteiger partial charge in [0.15, 0.2) is 0 Å². The van der Waals surface area contributed by atoms with E-state index >= 15 is 0 Å². The summed E-state index contributed by atoms with van der Waals surface area (Å²) < 4.78 is 0. The van der Waals surface area contributed by atoms with Gasteiger partial charge in [-0.15, -0.1) is 0 Å². The molecule has 0 bridgehead atoms. The van der Waals surface area contributed by atoms with E-state index in [1.54, 1.807) is 0 Å². The zero-order chi connectivity index (χ0) is 15.0. The molecule has 0 aromatic carbocycles. The van der Waals surface area contributed by atoms with Gasteiger partial charge >= 0.3 is 0 Å². The number of hydrogen-bond acceptors (Lipinski definition) is 7. The first-order chi connectivity index (χ1) is 8.86. The Morgan fingerprint density at radius 2 is 1.32 bits per heavy atom. The fourth-order valence-corrected chi connectivity index (χ4v) is 1.68. The van der Waals surface area contributed by atoms with E-state index in [0.717, 1.165) is 6.42 Å². The molecule has 0 heterocycles. The maximum absolute atomic E-state index is 10.2. The van der Waals surface area contributed by atoms with Crippen molar-refractivity contribution in [2.75, 3.05) is 0 Å². The van der Waals surface area contributed by atoms with Crippen LogP contribution in [0.2, 0.25) is 0 Å². The molecule has 0 rings (SSSR count). The van der Waals surface area contributed by atoms with Gasteiger partial charge in [-0.05, 0) is 6.42 Å². The molecule has 7 nitrogen and oxygen atoms in total. The SMILES string of the molecule is CCCCC(O)C(O)C(O)C(O)C(O)C(O)CC=O. The maximum atomic E-state index is 10.2. The molecule has 0 aliphatic rings. The van der Waals surface area contributed by atoms with Crippen LogP contribution in [-0.2, 0) is 4.79 Å². The smallest absolute Gasteiger partial charge is 0.122 e. The minimum Gasteiger partial charge on any atom is -0.390 e. The van der Waals surface area contributed by atoms with Crippen molar-refractivity contribution in [2.24, 2.45) is 0 Å². The fraction of sp³-hybridized carbons (Fsp3) is 0.917. The Labute approximate surface area is 112 Å². The average Bonchev–Trinajstić information content (AvgIpc) is 2.41. The molecule has 0 aromatic heterocycles. The zero-order valence-corrected chi connectivity index (χ0v) is 11.0. The van der Waals surface area contributed by atoms with E-state index in [9.17, 15) is 35.4 Å². The summed E-state index contributed by atoms with van der Waals surface area (Å²) in [6, 6.07) is 0. The summed E-state index contributed by atoms with van der Waals surface area (Å²) in [4.78, 5) is 10.2. The maximum Gasteiger partial charge on any atom is 0.122 e. The molecule has 0 aliphatic heterocycles. The van der Waals surface area contributed by atoms with Gasteiger partial charge < -0.3 is 35.4 Å². The van der Waals surface area contributed by atoms with Gasteiger partial charge in [-0.3, -0.25) is 0 Å². The molecular formula is C12H24O7. The first-order valence-electron chi connectivity index (χ1n) is 6.38. The van der Waals surface area contributed by atoms with Crippen LogP contribution in [0.4, 0.5) is 0 Å². The van der Waals surface area contributed by atoms with E-state index in [4.69, 9.17) is 0 Å². The van der Waals surface area contributed by atoms with Crippen molar-refractivity contribution in [3.63, 3.8) is 0 Å². The van der Waals surface area contributed by atoms with Gasteiger partial charge in [-0.2, -0.15) is 0 Å². The minimum absolute atomic E-state index is 0.244. The fourth-order valence-electron chi connectivity index (χ4n) is 1.68. The summed E-state index contributed by atoms with van der Waals surface area (Å²) in [7, 11) is 0. The van der Waals surface area contributed by atoms with E-state index in [1.807, 2.05) is 6.92 Å². The van der Waals surface area contributed by atoms with Crippen LogP contribution in [0.25, 0.3) is 0 Å². The number of carbonyl (C=O) groups is 1. The Morgan fingerprint density at radius 1 is 0.842 bits per heavy atom. The lowest BCUT2D eigenvalue weighted by Gasteiger charge is -2.30. The number of aliphatic hydroxyl groups is 6. The van der Waals surface area contributed by atoms with Gasteiger partial charge in [0.05, 0.1) is 12.2 Å². The third kappa shape index (κ3) is 5.94. The van der Waals surface area contributed by atoms with E-state index in [2.05, 4.69) is 0 Å². The monoisotopic (exact) mass is 280 g/mol. The van der Waals surface area contributed by atoms with Crippen LogP contribution in [0.15, 0.2) is 0 Å². The third-order valence-electron chi connectivity index (χ3n) is 3.03. The molecule has 6 N–H and O–H groups in total. The highest BCUT2D eigenvalue weighted by molar-refractivity contribution is 5.50. The summed E-state index contributed by atoms with van der Waals surface area (Å²) in [6.45, 7) is 1.89. The van der Waals surface area contributed by atoms with Crippen molar-refractivity contribution in [1.82, 2.24) is 0 Å². The van der Waals surface area contributed by atoms with Crippen molar-refractivity contribution in [2.45, 2.75) is 69.2 Å². The topological polar surface area (TPSA) is 138 Å². The summed E-state index contributed by atoms with van der Waals surface area (Å²) in [6.07, 6.45) is -8.24. The van der Waals surface area contributed by atoms with Gasteiger partial charge in [-0.1, -0.05) is 19.8 Å². The van der Waals surface area contributed by atoms with Crippen LogP contribution >= 0.6 is 0 Å². The Bertz CT molecular complexity index is 248. The summed E-state index contributed by atoms with van der Waals surface area (Å²) in [5, 5.41) is 57.2. The van der Waals surface area contributed by atoms with E-state index < -0.39 is 43.0 Å². The molecule has 0 saturated carbocycles. The van der Waals surface area contributed by atoms with Crippen molar-refractivity contribution in [1.29, 1.82) is 0 Å². The molecule has 0 aliphatic carbocycles. The quantitative estimate of drug-likeness (QED) is 0.253. The minimum atomic E-state index is -1.86. The number of hydrogen-bond donors (Lipinski definition) is 6. The summed E-state index contributed by atoms with van der Waals surface area (Å²) in [5.41, 5.74) is 0. The van der Waals surface area contributed by atoms with Crippen molar-refractivity contribution >= 4 is 6.29 Å². The van der Waals surface area contributed by atoms with E-state index in [0.29, 0.717) is 12.7 Å². The van der Waals surface area contributed by atoms with Crippen LogP contribution in [0.3, 0.4) is 0 Å². The van der Waals surface area contributed by atoms with Crippen molar-refractivity contribution < 1.29 is 35.4 Å². The highest BCUT2D eigenvalue weighted by Gasteiger charge is 2.36. The molecule has 0 spiro atoms. The lowest BCUT2D eigenvalue weighted by atomic mass is 9.94. The molecule has 114 valence electrons. The number of aldehydes is 1. The molecule has 6 atom stereocenters. The molecule has 0 amide bonds. The predicted octanol–water partition coefficient (Wildman–Crippen LogP) is -2.07. The lowest BCUT2D eigenvalue weighted by Crippen LogP contribution is -2.52. The first kappa shape index (κ1) is 18.4. The molecule has 7 heteroatoms. The van der Waals surface area contributed by atoms with E-state index in [1.165, 1.54) is 0 Å². The highest BCUT2D eigenvalue weighted by atomic mass is 16.4. The summed E-state index contributed by atoms with van der Waals surface area (Å²) >= 11 is 0. The Morgan fingerprint density at radius 3 is 1.74 bits per heavy atom. The van der Waals surface area contributed by atoms with Gasteiger partial charge in [0.25, 0.3) is 0 Å². The highest BCUT2D eigenvalue weighted by Crippen LogP contribution is 2.15. The summed E-state index contributed by atoms with van der Waals surface area (Å²) in [5.74, 6) is 0. The Balaban J connectivity index is 4.44. The van der Waals surface area contributed by atoms with Gasteiger partial charge in [-0.25, -0.2) is 0 Å². The van der Waals surface area contributed by atoms with Crippen molar-refractivity contribution in [3.05, 3.63) is 0 Å². The molecule has 6 unspecified atom stereocenters. The number of aliphatic hydroxyl groups excluding tert-OH is 6. The van der Waals surface area contributed by atoms with Crippen LogP contribution in [0.5, 0.6) is 0 Å². The second-order valence-electron chi connectivity index (χ2n) is 4.64. The molecule has 0 fully saturated rings. The van der Waals surface area contributed by atoms with Gasteiger partial charge in [0.2, 0.25) is 0 Å².